The number of esters is 1. The molecule has 3 rings (SSSR count). The predicted molar refractivity (Wildman–Crippen MR) is 111 cm³/mol. The van der Waals surface area contributed by atoms with Crippen LogP contribution in [0.4, 0.5) is 5.69 Å². The van der Waals surface area contributed by atoms with Gasteiger partial charge in [-0.1, -0.05) is 24.3 Å². The Hall–Kier alpha value is -3.54. The molecular formula is C23H23NO5. The van der Waals surface area contributed by atoms with Crippen molar-refractivity contribution in [3.63, 3.8) is 0 Å². The lowest BCUT2D eigenvalue weighted by molar-refractivity contribution is -0.138. The number of nitrogens with zero attached hydrogens (tertiary/aromatic N) is 1. The van der Waals surface area contributed by atoms with Crippen molar-refractivity contribution in [2.45, 2.75) is 13.8 Å². The van der Waals surface area contributed by atoms with Crippen LogP contribution in [0.3, 0.4) is 0 Å². The smallest absolute Gasteiger partial charge is 0.340 e. The van der Waals surface area contributed by atoms with E-state index in [-0.39, 0.29) is 23.7 Å². The van der Waals surface area contributed by atoms with Crippen molar-refractivity contribution in [3.8, 4) is 11.5 Å². The Bertz CT molecular complexity index is 992. The summed E-state index contributed by atoms with van der Waals surface area (Å²) >= 11 is 0. The molecule has 0 spiro atoms. The third kappa shape index (κ3) is 3.87. The first-order valence-corrected chi connectivity index (χ1v) is 9.23. The zero-order chi connectivity index (χ0) is 21.0. The summed E-state index contributed by atoms with van der Waals surface area (Å²) in [4.78, 5) is 27.5. The number of anilines is 1. The van der Waals surface area contributed by atoms with Crippen LogP contribution in [-0.2, 0) is 14.3 Å². The van der Waals surface area contributed by atoms with E-state index in [1.54, 1.807) is 52.3 Å². The monoisotopic (exact) mass is 393 g/mol. The Kier molecular flexibility index (Phi) is 6.02. The lowest BCUT2D eigenvalue weighted by atomic mass is 10.0. The second-order valence-corrected chi connectivity index (χ2v) is 6.33. The number of benzene rings is 2. The first kappa shape index (κ1) is 20.2. The van der Waals surface area contributed by atoms with Gasteiger partial charge < -0.3 is 14.2 Å². The number of allylic oxidation sites excluding steroid dienone is 1. The van der Waals surface area contributed by atoms with Crippen molar-refractivity contribution in [2.24, 2.45) is 0 Å². The molecule has 0 atom stereocenters. The lowest BCUT2D eigenvalue weighted by Crippen LogP contribution is -2.24. The van der Waals surface area contributed by atoms with E-state index in [1.807, 2.05) is 30.3 Å². The van der Waals surface area contributed by atoms with Crippen molar-refractivity contribution in [1.29, 1.82) is 0 Å². The number of carbonyl (C=O) groups excluding carboxylic acids is 2. The van der Waals surface area contributed by atoms with Gasteiger partial charge in [0.1, 0.15) is 0 Å². The maximum atomic E-state index is 13.3. The Morgan fingerprint density at radius 3 is 2.34 bits per heavy atom. The molecule has 6 heteroatoms. The fourth-order valence-corrected chi connectivity index (χ4v) is 3.28. The number of ether oxygens (including phenoxy) is 3. The summed E-state index contributed by atoms with van der Waals surface area (Å²) < 4.78 is 15.8. The minimum absolute atomic E-state index is 0.221. The number of para-hydroxylation sites is 1. The Morgan fingerprint density at radius 2 is 1.72 bits per heavy atom. The second-order valence-electron chi connectivity index (χ2n) is 6.33. The van der Waals surface area contributed by atoms with E-state index < -0.39 is 5.97 Å². The van der Waals surface area contributed by atoms with E-state index in [2.05, 4.69) is 0 Å². The average molecular weight is 393 g/mol. The molecule has 2 aromatic carbocycles. The van der Waals surface area contributed by atoms with Gasteiger partial charge in [-0.2, -0.15) is 0 Å². The first-order valence-electron chi connectivity index (χ1n) is 9.23. The Balaban J connectivity index is 2.12. The van der Waals surface area contributed by atoms with Gasteiger partial charge in [-0.05, 0) is 49.8 Å². The average Bonchev–Trinajstić information content (AvgIpc) is 2.98. The zero-order valence-electron chi connectivity index (χ0n) is 16.9. The van der Waals surface area contributed by atoms with Crippen LogP contribution >= 0.6 is 0 Å². The van der Waals surface area contributed by atoms with Gasteiger partial charge in [0.25, 0.3) is 5.91 Å². The second kappa shape index (κ2) is 8.65. The van der Waals surface area contributed by atoms with Gasteiger partial charge in [-0.15, -0.1) is 0 Å². The van der Waals surface area contributed by atoms with Crippen LogP contribution < -0.4 is 14.4 Å². The van der Waals surface area contributed by atoms with Gasteiger partial charge in [0.05, 0.1) is 32.0 Å². The molecule has 0 fully saturated rings. The normalized spacial score (nSPS) is 15.1. The summed E-state index contributed by atoms with van der Waals surface area (Å²) in [6.07, 6.45) is 1.67. The molecule has 29 heavy (non-hydrogen) atoms. The lowest BCUT2D eigenvalue weighted by Gasteiger charge is -2.17. The van der Waals surface area contributed by atoms with Gasteiger partial charge in [-0.25, -0.2) is 4.79 Å². The maximum Gasteiger partial charge on any atom is 0.340 e. The van der Waals surface area contributed by atoms with Crippen LogP contribution in [0.2, 0.25) is 0 Å². The third-order valence-corrected chi connectivity index (χ3v) is 4.61. The molecule has 1 aliphatic rings. The van der Waals surface area contributed by atoms with E-state index in [4.69, 9.17) is 14.2 Å². The van der Waals surface area contributed by atoms with Crippen LogP contribution in [-0.4, -0.2) is 32.7 Å². The minimum atomic E-state index is -0.525. The molecule has 0 bridgehead atoms. The molecule has 0 radical (unpaired) electrons. The summed E-state index contributed by atoms with van der Waals surface area (Å²) in [5.74, 6) is 0.302. The van der Waals surface area contributed by atoms with Crippen molar-refractivity contribution in [3.05, 3.63) is 70.9 Å². The van der Waals surface area contributed by atoms with Crippen molar-refractivity contribution >= 4 is 23.6 Å². The third-order valence-electron chi connectivity index (χ3n) is 4.61. The molecule has 0 aliphatic carbocycles. The molecule has 1 heterocycles. The van der Waals surface area contributed by atoms with E-state index in [9.17, 15) is 9.59 Å². The van der Waals surface area contributed by atoms with Crippen LogP contribution in [0.5, 0.6) is 11.5 Å². The van der Waals surface area contributed by atoms with Gasteiger partial charge in [0.2, 0.25) is 0 Å². The molecule has 0 saturated carbocycles. The Labute approximate surface area is 170 Å². The van der Waals surface area contributed by atoms with E-state index in [0.29, 0.717) is 28.4 Å². The van der Waals surface area contributed by atoms with Crippen molar-refractivity contribution in [1.82, 2.24) is 0 Å². The number of amides is 1. The molecule has 1 aliphatic heterocycles. The molecule has 2 aromatic rings. The zero-order valence-corrected chi connectivity index (χ0v) is 16.9. The fourth-order valence-electron chi connectivity index (χ4n) is 3.28. The van der Waals surface area contributed by atoms with Crippen LogP contribution in [0.1, 0.15) is 19.4 Å². The van der Waals surface area contributed by atoms with Gasteiger partial charge >= 0.3 is 5.97 Å². The van der Waals surface area contributed by atoms with Crippen LogP contribution in [0, 0.1) is 0 Å². The van der Waals surface area contributed by atoms with Gasteiger partial charge in [-0.3, -0.25) is 9.69 Å². The molecule has 1 amide bonds. The molecule has 0 N–H and O–H groups in total. The van der Waals surface area contributed by atoms with Crippen molar-refractivity contribution in [2.75, 3.05) is 25.7 Å². The number of hydrogen-bond acceptors (Lipinski definition) is 5. The SMILES string of the molecule is CCOC(=O)C1=C(C)N(c2ccccc2)C(=O)C1=Cc1ccc(OC)c(OC)c1. The van der Waals surface area contributed by atoms with Gasteiger partial charge in [0.15, 0.2) is 11.5 Å². The number of hydrogen-bond donors (Lipinski definition) is 0. The van der Waals surface area contributed by atoms with Crippen LogP contribution in [0.25, 0.3) is 6.08 Å². The number of carbonyl (C=O) groups is 2. The largest absolute Gasteiger partial charge is 0.493 e. The van der Waals surface area contributed by atoms with E-state index in [1.165, 1.54) is 4.90 Å². The highest BCUT2D eigenvalue weighted by molar-refractivity contribution is 6.23. The molecule has 0 unspecified atom stereocenters. The highest BCUT2D eigenvalue weighted by Crippen LogP contribution is 2.36. The van der Waals surface area contributed by atoms with Crippen molar-refractivity contribution < 1.29 is 23.8 Å². The molecule has 0 saturated heterocycles. The summed E-state index contributed by atoms with van der Waals surface area (Å²) in [5.41, 5.74) is 2.46. The predicted octanol–water partition coefficient (Wildman–Crippen LogP) is 3.97. The summed E-state index contributed by atoms with van der Waals surface area (Å²) in [5, 5.41) is 0. The molecule has 0 aromatic heterocycles. The summed E-state index contributed by atoms with van der Waals surface area (Å²) in [7, 11) is 3.10. The first-order chi connectivity index (χ1) is 14.0. The quantitative estimate of drug-likeness (QED) is 0.549. The van der Waals surface area contributed by atoms with Gasteiger partial charge in [0, 0.05) is 11.4 Å². The number of methoxy groups -OCH3 is 2. The Morgan fingerprint density at radius 1 is 1.03 bits per heavy atom. The highest BCUT2D eigenvalue weighted by atomic mass is 16.5. The number of rotatable bonds is 6. The minimum Gasteiger partial charge on any atom is -0.493 e. The standard InChI is InChI=1S/C23H23NO5/c1-5-29-23(26)21-15(2)24(17-9-7-6-8-10-17)22(25)18(21)13-16-11-12-19(27-3)20(14-16)28-4/h6-14H,5H2,1-4H3. The summed E-state index contributed by atoms with van der Waals surface area (Å²) in [6, 6.07) is 14.5. The maximum absolute atomic E-state index is 13.3. The summed E-state index contributed by atoms with van der Waals surface area (Å²) in [6.45, 7) is 3.70. The molecular weight excluding hydrogens is 370 g/mol. The fraction of sp³-hybridized carbons (Fsp3) is 0.217. The molecule has 150 valence electrons. The van der Waals surface area contributed by atoms with Crippen LogP contribution in [0.15, 0.2) is 65.4 Å². The topological polar surface area (TPSA) is 65.1 Å². The van der Waals surface area contributed by atoms with E-state index >= 15 is 0 Å². The molecule has 6 nitrogen and oxygen atoms in total. The van der Waals surface area contributed by atoms with E-state index in [0.717, 1.165) is 0 Å². The highest BCUT2D eigenvalue weighted by Gasteiger charge is 2.38.